The van der Waals surface area contributed by atoms with Crippen LogP contribution in [-0.2, 0) is 22.6 Å². The summed E-state index contributed by atoms with van der Waals surface area (Å²) in [7, 11) is -4.57. The van der Waals surface area contributed by atoms with Gasteiger partial charge in [-0.3, -0.25) is 9.89 Å². The molecule has 2 heterocycles. The van der Waals surface area contributed by atoms with Gasteiger partial charge in [0.25, 0.3) is 5.91 Å². The van der Waals surface area contributed by atoms with Crippen molar-refractivity contribution >= 4 is 26.8 Å². The first kappa shape index (κ1) is 22.4. The van der Waals surface area contributed by atoms with Crippen LogP contribution < -0.4 is 5.32 Å². The van der Waals surface area contributed by atoms with E-state index in [0.29, 0.717) is 34.3 Å². The molecule has 0 atom stereocenters. The van der Waals surface area contributed by atoms with E-state index in [4.69, 9.17) is 0 Å². The van der Waals surface area contributed by atoms with Crippen LogP contribution in [-0.4, -0.2) is 29.5 Å². The minimum atomic E-state index is -5.05. The van der Waals surface area contributed by atoms with Gasteiger partial charge in [0.2, 0.25) is 9.84 Å². The van der Waals surface area contributed by atoms with E-state index < -0.39 is 43.1 Å². The number of rotatable bonds is 5. The van der Waals surface area contributed by atoms with Gasteiger partial charge in [0.05, 0.1) is 27.1 Å². The molecular formula is C21H14F4N4O3S. The summed E-state index contributed by atoms with van der Waals surface area (Å²) in [5.41, 5.74) is -0.255. The van der Waals surface area contributed by atoms with E-state index in [0.717, 1.165) is 12.1 Å². The Hall–Kier alpha value is -3.80. The third-order valence-electron chi connectivity index (χ3n) is 4.78. The van der Waals surface area contributed by atoms with E-state index in [-0.39, 0.29) is 12.6 Å². The molecule has 1 amide bonds. The molecule has 0 radical (unpaired) electrons. The molecule has 0 aliphatic rings. The third-order valence-corrected chi connectivity index (χ3v) is 6.60. The number of amides is 1. The Balaban J connectivity index is 1.52. The zero-order chi connectivity index (χ0) is 23.8. The third kappa shape index (κ3) is 4.55. The molecule has 0 unspecified atom stereocenters. The SMILES string of the molecule is O=C(NCc1ccc(S(=O)(=O)c2ccc(F)cc2C(F)(F)F)cc1)c1cnc2[nH]ncc2c1. The van der Waals surface area contributed by atoms with E-state index in [1.165, 1.54) is 24.5 Å². The van der Waals surface area contributed by atoms with E-state index in [1.54, 1.807) is 6.07 Å². The second-order valence-corrected chi connectivity index (χ2v) is 8.92. The van der Waals surface area contributed by atoms with Gasteiger partial charge in [0, 0.05) is 18.1 Å². The van der Waals surface area contributed by atoms with Gasteiger partial charge >= 0.3 is 6.18 Å². The minimum Gasteiger partial charge on any atom is -0.348 e. The van der Waals surface area contributed by atoms with Crippen molar-refractivity contribution in [3.8, 4) is 0 Å². The summed E-state index contributed by atoms with van der Waals surface area (Å²) in [4.78, 5) is 15.0. The highest BCUT2D eigenvalue weighted by Crippen LogP contribution is 2.36. The molecule has 4 aromatic rings. The number of nitrogens with zero attached hydrogens (tertiary/aromatic N) is 2. The molecule has 0 saturated carbocycles. The second kappa shape index (κ2) is 8.28. The highest BCUT2D eigenvalue weighted by atomic mass is 32.2. The van der Waals surface area contributed by atoms with Gasteiger partial charge in [-0.05, 0) is 42.0 Å². The lowest BCUT2D eigenvalue weighted by atomic mass is 10.2. The maximum Gasteiger partial charge on any atom is 0.417 e. The molecule has 2 N–H and O–H groups in total. The topological polar surface area (TPSA) is 105 Å². The molecule has 0 saturated heterocycles. The first-order valence-corrected chi connectivity index (χ1v) is 10.8. The summed E-state index contributed by atoms with van der Waals surface area (Å²) in [6.45, 7) is 0.0347. The van der Waals surface area contributed by atoms with Gasteiger partial charge in [0.15, 0.2) is 5.65 Å². The van der Waals surface area contributed by atoms with Crippen LogP contribution in [0.1, 0.15) is 21.5 Å². The fourth-order valence-corrected chi connectivity index (χ4v) is 4.58. The molecule has 0 bridgehead atoms. The highest BCUT2D eigenvalue weighted by Gasteiger charge is 2.38. The van der Waals surface area contributed by atoms with Crippen LogP contribution in [0.2, 0.25) is 0 Å². The van der Waals surface area contributed by atoms with Gasteiger partial charge in [-0.2, -0.15) is 18.3 Å². The van der Waals surface area contributed by atoms with Crippen LogP contribution in [0.5, 0.6) is 0 Å². The minimum absolute atomic E-state index is 0.0347. The molecule has 0 fully saturated rings. The number of sulfone groups is 1. The van der Waals surface area contributed by atoms with E-state index >= 15 is 0 Å². The zero-order valence-corrected chi connectivity index (χ0v) is 17.3. The molecule has 33 heavy (non-hydrogen) atoms. The van der Waals surface area contributed by atoms with Crippen molar-refractivity contribution in [1.82, 2.24) is 20.5 Å². The summed E-state index contributed by atoms with van der Waals surface area (Å²) in [5, 5.41) is 9.78. The number of halogens is 4. The smallest absolute Gasteiger partial charge is 0.348 e. The predicted molar refractivity (Wildman–Crippen MR) is 108 cm³/mol. The maximum absolute atomic E-state index is 13.3. The number of carbonyl (C=O) groups is 1. The quantitative estimate of drug-likeness (QED) is 0.335. The molecule has 2 aromatic heterocycles. The Morgan fingerprint density at radius 1 is 1.03 bits per heavy atom. The monoisotopic (exact) mass is 478 g/mol. The van der Waals surface area contributed by atoms with Gasteiger partial charge in [0.1, 0.15) is 5.82 Å². The normalized spacial score (nSPS) is 12.1. The van der Waals surface area contributed by atoms with Crippen molar-refractivity contribution in [2.45, 2.75) is 22.5 Å². The zero-order valence-electron chi connectivity index (χ0n) is 16.5. The largest absolute Gasteiger partial charge is 0.417 e. The van der Waals surface area contributed by atoms with Crippen LogP contribution in [0.25, 0.3) is 11.0 Å². The number of hydrogen-bond acceptors (Lipinski definition) is 5. The molecule has 12 heteroatoms. The fourth-order valence-electron chi connectivity index (χ4n) is 3.12. The van der Waals surface area contributed by atoms with Gasteiger partial charge in [-0.1, -0.05) is 12.1 Å². The van der Waals surface area contributed by atoms with E-state index in [9.17, 15) is 30.8 Å². The molecule has 7 nitrogen and oxygen atoms in total. The number of fused-ring (bicyclic) bond motifs is 1. The average molecular weight is 478 g/mol. The number of hydrogen-bond donors (Lipinski definition) is 2. The highest BCUT2D eigenvalue weighted by molar-refractivity contribution is 7.91. The Morgan fingerprint density at radius 3 is 2.45 bits per heavy atom. The van der Waals surface area contributed by atoms with Crippen LogP contribution in [0.4, 0.5) is 17.6 Å². The summed E-state index contributed by atoms with van der Waals surface area (Å²) in [5.74, 6) is -1.63. The van der Waals surface area contributed by atoms with Gasteiger partial charge < -0.3 is 5.32 Å². The molecule has 4 rings (SSSR count). The number of nitrogens with one attached hydrogen (secondary N) is 2. The number of H-pyrrole nitrogens is 1. The number of aromatic amines is 1. The number of carbonyl (C=O) groups excluding carboxylic acids is 1. The Labute approximate surface area is 184 Å². The Morgan fingerprint density at radius 2 is 1.76 bits per heavy atom. The number of aromatic nitrogens is 3. The predicted octanol–water partition coefficient (Wildman–Crippen LogP) is 3.88. The average Bonchev–Trinajstić information content (AvgIpc) is 3.25. The van der Waals surface area contributed by atoms with Crippen molar-refractivity contribution in [2.24, 2.45) is 0 Å². The summed E-state index contributed by atoms with van der Waals surface area (Å²) in [6, 6.07) is 7.96. The summed E-state index contributed by atoms with van der Waals surface area (Å²) < 4.78 is 78.5. The molecular weight excluding hydrogens is 464 g/mol. The molecule has 170 valence electrons. The molecule has 2 aromatic carbocycles. The van der Waals surface area contributed by atoms with Gasteiger partial charge in [-0.15, -0.1) is 0 Å². The lowest BCUT2D eigenvalue weighted by molar-refractivity contribution is -0.140. The second-order valence-electron chi connectivity index (χ2n) is 7.00. The standard InChI is InChI=1S/C21H14F4N4O3S/c22-15-3-6-18(17(8-15)21(23,24)25)33(31,32)16-4-1-12(2-5-16)9-27-20(30)14-7-13-11-28-29-19(13)26-10-14/h1-8,10-11H,9H2,(H,27,30)(H,26,28,29). The van der Waals surface area contributed by atoms with Crippen LogP contribution in [0.15, 0.2) is 70.7 Å². The van der Waals surface area contributed by atoms with Crippen LogP contribution in [0, 0.1) is 5.82 Å². The number of alkyl halides is 3. The summed E-state index contributed by atoms with van der Waals surface area (Å²) in [6.07, 6.45) is -2.17. The Kier molecular flexibility index (Phi) is 5.62. The van der Waals surface area contributed by atoms with E-state index in [1.807, 2.05) is 0 Å². The molecule has 0 spiro atoms. The van der Waals surface area contributed by atoms with E-state index in [2.05, 4.69) is 20.5 Å². The van der Waals surface area contributed by atoms with Crippen molar-refractivity contribution in [3.05, 3.63) is 83.4 Å². The molecule has 0 aliphatic heterocycles. The Bertz CT molecular complexity index is 1450. The van der Waals surface area contributed by atoms with Crippen LogP contribution in [0.3, 0.4) is 0 Å². The number of benzene rings is 2. The van der Waals surface area contributed by atoms with Crippen molar-refractivity contribution in [3.63, 3.8) is 0 Å². The lowest BCUT2D eigenvalue weighted by Gasteiger charge is -2.14. The number of pyridine rings is 1. The first-order valence-electron chi connectivity index (χ1n) is 9.34. The first-order chi connectivity index (χ1) is 15.6. The van der Waals surface area contributed by atoms with Crippen molar-refractivity contribution < 1.29 is 30.8 Å². The maximum atomic E-state index is 13.3. The van der Waals surface area contributed by atoms with Crippen molar-refractivity contribution in [1.29, 1.82) is 0 Å². The molecule has 0 aliphatic carbocycles. The lowest BCUT2D eigenvalue weighted by Crippen LogP contribution is -2.23. The summed E-state index contributed by atoms with van der Waals surface area (Å²) >= 11 is 0. The van der Waals surface area contributed by atoms with Crippen molar-refractivity contribution in [2.75, 3.05) is 0 Å². The van der Waals surface area contributed by atoms with Crippen LogP contribution >= 0.6 is 0 Å². The van der Waals surface area contributed by atoms with Gasteiger partial charge in [-0.25, -0.2) is 17.8 Å². The fraction of sp³-hybridized carbons (Fsp3) is 0.0952.